The van der Waals surface area contributed by atoms with E-state index in [2.05, 4.69) is 63.8 Å². The number of imide groups is 6. The topological polar surface area (TPSA) is 461 Å². The first kappa shape index (κ1) is 94.7. The van der Waals surface area contributed by atoms with Crippen molar-refractivity contribution in [1.82, 2.24) is 63.8 Å². The van der Waals surface area contributed by atoms with Gasteiger partial charge in [0.15, 0.2) is 33.2 Å². The lowest BCUT2D eigenvalue weighted by Gasteiger charge is -2.23. The van der Waals surface area contributed by atoms with Crippen LogP contribution in [0, 0.1) is 46.3 Å². The Hall–Kier alpha value is -17.6. The lowest BCUT2D eigenvalue weighted by Crippen LogP contribution is -2.43. The van der Waals surface area contributed by atoms with E-state index in [1.165, 1.54) is 36.4 Å². The maximum Gasteiger partial charge on any atom is 0.373 e. The Balaban J connectivity index is 0.000000112. The molecule has 0 aromatic heterocycles. The number of methoxy groups -OCH3 is 1. The number of nitrogens with one attached hydrogen (secondary N) is 12. The van der Waals surface area contributed by atoms with Gasteiger partial charge in [0.2, 0.25) is 0 Å². The van der Waals surface area contributed by atoms with Crippen molar-refractivity contribution in [3.8, 4) is 89.8 Å². The maximum absolute atomic E-state index is 13.8. The van der Waals surface area contributed by atoms with E-state index in [-0.39, 0.29) is 49.3 Å². The molecule has 6 heterocycles. The van der Waals surface area contributed by atoms with Crippen molar-refractivity contribution in [3.63, 3.8) is 0 Å². The van der Waals surface area contributed by atoms with Crippen LogP contribution in [0.25, 0.3) is 66.8 Å². The van der Waals surface area contributed by atoms with Crippen molar-refractivity contribution in [2.24, 2.45) is 0 Å². The van der Waals surface area contributed by atoms with Crippen LogP contribution in [0.1, 0.15) is 100 Å². The first-order valence-electron chi connectivity index (χ1n) is 43.9. The minimum absolute atomic E-state index is 0.0694. The highest BCUT2D eigenvalue weighted by Crippen LogP contribution is 2.57. The van der Waals surface area contributed by atoms with Gasteiger partial charge in [-0.3, -0.25) is 60.7 Å². The third-order valence-electron chi connectivity index (χ3n) is 26.3. The molecule has 32 nitrogen and oxygen atoms in total. The number of halogens is 6. The molecule has 12 aromatic rings. The van der Waals surface area contributed by atoms with Gasteiger partial charge in [-0.05, 0) is 241 Å². The zero-order valence-corrected chi connectivity index (χ0v) is 75.5. The van der Waals surface area contributed by atoms with Crippen molar-refractivity contribution in [2.45, 2.75) is 87.3 Å². The van der Waals surface area contributed by atoms with Crippen LogP contribution >= 0.6 is 0 Å². The van der Waals surface area contributed by atoms with E-state index in [0.717, 1.165) is 111 Å². The van der Waals surface area contributed by atoms with E-state index < -0.39 is 131 Å². The maximum atomic E-state index is 13.8. The fourth-order valence-electron chi connectivity index (χ4n) is 20.5. The van der Waals surface area contributed by atoms with Gasteiger partial charge in [0.1, 0.15) is 54.5 Å². The smallest absolute Gasteiger partial charge is 0.373 e. The number of fused-ring (bicyclic) bond motifs is 30. The predicted octanol–water partition coefficient (Wildman–Crippen LogP) is 11.9. The summed E-state index contributed by atoms with van der Waals surface area (Å²) in [4.78, 5) is 162. The molecule has 24 rings (SSSR count). The zero-order chi connectivity index (χ0) is 101. The fourth-order valence-corrected chi connectivity index (χ4v) is 20.5. The van der Waals surface area contributed by atoms with Gasteiger partial charge in [-0.15, -0.1) is 0 Å². The van der Waals surface area contributed by atoms with Crippen molar-refractivity contribution >= 4 is 77.8 Å². The molecule has 12 aliphatic rings. The molecule has 12 aromatic carbocycles. The number of carbonyl (C=O) groups excluding carboxylic acids is 14. The van der Waals surface area contributed by atoms with Gasteiger partial charge in [0.25, 0.3) is 48.3 Å². The van der Waals surface area contributed by atoms with E-state index in [4.69, 9.17) is 33.6 Å². The summed E-state index contributed by atoms with van der Waals surface area (Å²) in [6.07, 6.45) is -4.92. The lowest BCUT2D eigenvalue weighted by molar-refractivity contribution is -0.192. The van der Waals surface area contributed by atoms with Crippen molar-refractivity contribution in [1.29, 1.82) is 0 Å². The average molecular weight is 1930 g/mol. The summed E-state index contributed by atoms with van der Waals surface area (Å²) >= 11 is 0. The molecule has 142 heavy (non-hydrogen) atoms. The van der Waals surface area contributed by atoms with Gasteiger partial charge in [-0.25, -0.2) is 55.1 Å². The summed E-state index contributed by atoms with van der Waals surface area (Å²) in [6, 6.07) is 59.5. The molecular formula is C104H80F6N12O20. The first-order valence-corrected chi connectivity index (χ1v) is 43.9. The average Bonchev–Trinajstić information content (AvgIpc) is 1.54. The molecule has 6 aliphatic carbocycles. The second-order valence-electron chi connectivity index (χ2n) is 34.7. The normalized spacial score (nSPS) is 20.6. The van der Waals surface area contributed by atoms with Gasteiger partial charge in [0, 0.05) is 16.7 Å². The van der Waals surface area contributed by atoms with Gasteiger partial charge in [-0.1, -0.05) is 162 Å². The number of aryl methyl sites for hydroxylation is 5. The molecule has 6 atom stereocenters. The first-order chi connectivity index (χ1) is 68.0. The largest absolute Gasteiger partial charge is 0.496 e. The molecule has 14 N–H and O–H groups in total. The van der Waals surface area contributed by atoms with Crippen LogP contribution < -0.4 is 82.7 Å². The molecule has 6 unspecified atom stereocenters. The molecule has 6 saturated heterocycles. The highest BCUT2D eigenvalue weighted by molar-refractivity contribution is 6.18. The lowest BCUT2D eigenvalue weighted by atomic mass is 9.87. The number of carbonyl (C=O) groups is 12. The Labute approximate surface area is 801 Å². The number of benzene rings is 12. The Bertz CT molecular complexity index is 7580. The third-order valence-corrected chi connectivity index (χ3v) is 26.3. The van der Waals surface area contributed by atoms with Crippen molar-refractivity contribution in [3.05, 3.63) is 330 Å². The van der Waals surface area contributed by atoms with E-state index >= 15 is 0 Å². The molecule has 0 saturated carbocycles. The van der Waals surface area contributed by atoms with Crippen molar-refractivity contribution in [2.75, 3.05) is 33.5 Å². The minimum Gasteiger partial charge on any atom is -0.496 e. The van der Waals surface area contributed by atoms with Gasteiger partial charge >= 0.3 is 42.3 Å². The van der Waals surface area contributed by atoms with E-state index in [9.17, 15) is 89.0 Å². The standard InChI is InChI=1S/C18H14F2N2O3.C18H16N2O4.C17H12F2N2O3.C17H13FN2O3.C17H14N2O3.C16H11FN2O2.CO2/c1-9-2-4-11-12-7-10(25-8-15(19)20)3-5-13(12)18(14(11)6-9)16(23)21-17(24)22-18;1-10-2-4-12-13-9-11(24-7-6-21)3-5-14(13)18(15(12)8-10)16(22)19-17(23)20-18;18-14(19)8-24-9-5-6-11-10-3-1-2-4-12(10)17(13(11)7-9)15(22)20-16(23)21-17;1-8-5-12-11(7-14(8)23-2)10-4-3-9(18)6-13(10)17(12)15(21)19-16(22)20-17;1-9-2-4-11-12-7-10(8-20)3-5-13(12)17(14(11)6-9)15(21)18-16(22)19-17;1-8-2-5-12-11(6-8)10-4-3-9(17)7-13(10)16(12)14(20)18-15(21)19-16;2-1-3/h2-7,15H,8H2,1H3,(H2,21,22,23,24);2-5,8-9,21H,6-7H2,1H3,(H2,19,20,22,23);1-7,14H,8H2,(H2,20,21,22,23);3-7H,1-2H3,(H2,19,20,21,22);2-7,20H,8H2,1H3,(H2,18,19,21,22);2-7H,1H3,(H2,18,19,20,21);. The Morgan fingerprint density at radius 1 is 0.303 bits per heavy atom. The quantitative estimate of drug-likeness (QED) is 0.0422. The van der Waals surface area contributed by atoms with Crippen LogP contribution in [0.2, 0.25) is 0 Å². The Morgan fingerprint density at radius 2 is 0.585 bits per heavy atom. The minimum atomic E-state index is -2.60. The highest BCUT2D eigenvalue weighted by Gasteiger charge is 2.61. The predicted molar refractivity (Wildman–Crippen MR) is 493 cm³/mol. The van der Waals surface area contributed by atoms with Crippen LogP contribution in [0.5, 0.6) is 23.0 Å². The van der Waals surface area contributed by atoms with Crippen molar-refractivity contribution < 1.29 is 123 Å². The summed E-state index contributed by atoms with van der Waals surface area (Å²) in [5, 5.41) is 48.4. The number of urea groups is 6. The van der Waals surface area contributed by atoms with Gasteiger partial charge in [0.05, 0.1) is 20.3 Å². The number of hydrogen-bond acceptors (Lipinski definition) is 20. The summed E-state index contributed by atoms with van der Waals surface area (Å²) < 4.78 is 98.0. The number of rotatable bonds is 11. The molecule has 6 aliphatic heterocycles. The second-order valence-corrected chi connectivity index (χ2v) is 34.7. The molecule has 0 bridgehead atoms. The Kier molecular flexibility index (Phi) is 24.0. The number of ether oxygens (including phenoxy) is 4. The molecule has 6 fully saturated rings. The molecule has 18 amide bonds. The van der Waals surface area contributed by atoms with Crippen LogP contribution in [0.4, 0.5) is 55.1 Å². The fraction of sp³-hybridized carbons (Fsp3) is 0.183. The number of hydrogen-bond donors (Lipinski definition) is 14. The molecule has 0 radical (unpaired) electrons. The summed E-state index contributed by atoms with van der Waals surface area (Å²) in [5.74, 6) is -1.78. The van der Waals surface area contributed by atoms with Gasteiger partial charge < -0.3 is 61.1 Å². The number of aliphatic hydroxyl groups is 2. The van der Waals surface area contributed by atoms with Crippen LogP contribution in [0.15, 0.2) is 218 Å². The zero-order valence-electron chi connectivity index (χ0n) is 75.5. The number of amides is 18. The Morgan fingerprint density at radius 3 is 0.965 bits per heavy atom. The van der Waals surface area contributed by atoms with Gasteiger partial charge in [-0.2, -0.15) is 9.59 Å². The molecular weight excluding hydrogens is 1850 g/mol. The molecule has 38 heteroatoms. The van der Waals surface area contributed by atoms with E-state index in [1.807, 2.05) is 138 Å². The van der Waals surface area contributed by atoms with Crippen LogP contribution in [-0.2, 0) is 78.2 Å². The SMILES string of the molecule is COc1cc2c(cc1C)C1(NC(=O)NC1=O)c1cc(F)ccc1-2.Cc1ccc2c(c1)-c1ccc(F)cc1C21NC(=O)NC1=O.Cc1ccc2c(c1)C1(NC(=O)NC1=O)c1ccc(CO)cc1-2.Cc1ccc2c(c1)C1(NC(=O)NC1=O)c1ccc(OCC(F)F)cc1-2.Cc1ccc2c(c1)C1(NC(=O)NC1=O)c1ccc(OCCO)cc1-2.O=C1NC(=O)C2(N1)c1ccccc1-c1ccc(OCC(F)F)cc12.O=C=O. The van der Waals surface area contributed by atoms with Crippen LogP contribution in [0.3, 0.4) is 0 Å². The summed E-state index contributed by atoms with van der Waals surface area (Å²) in [7, 11) is 1.56. The van der Waals surface area contributed by atoms with Crippen LogP contribution in [-0.4, -0.2) is 134 Å². The molecule has 6 spiro atoms. The number of aliphatic hydroxyl groups excluding tert-OH is 2. The molecule has 718 valence electrons. The number of alkyl halides is 4. The highest BCUT2D eigenvalue weighted by atomic mass is 19.3. The van der Waals surface area contributed by atoms with E-state index in [1.54, 1.807) is 86.0 Å². The monoisotopic (exact) mass is 1930 g/mol. The van der Waals surface area contributed by atoms with E-state index in [0.29, 0.717) is 67.1 Å². The second kappa shape index (κ2) is 36.0. The summed E-state index contributed by atoms with van der Waals surface area (Å²) in [5.41, 5.74) is 15.1. The third kappa shape index (κ3) is 15.3. The summed E-state index contributed by atoms with van der Waals surface area (Å²) in [6.45, 7) is 8.19.